The van der Waals surface area contributed by atoms with Gasteiger partial charge in [-0.2, -0.15) is 0 Å². The molecule has 2 N–H and O–H groups in total. The number of hydrogen-bond acceptors (Lipinski definition) is 3. The van der Waals surface area contributed by atoms with E-state index in [4.69, 9.17) is 5.11 Å². The monoisotopic (exact) mass is 266 g/mol. The molecule has 1 aromatic rings. The first-order valence-electron chi connectivity index (χ1n) is 6.09. The molecule has 5 nitrogen and oxygen atoms in total. The quantitative estimate of drug-likeness (QED) is 0.853. The third kappa shape index (κ3) is 3.21. The number of carbonyl (C=O) groups is 2. The number of carboxylic acid groups (broad SMARTS) is 1. The van der Waals surface area contributed by atoms with Crippen molar-refractivity contribution in [1.29, 1.82) is 0 Å². The Kier molecular flexibility index (Phi) is 3.99. The highest BCUT2D eigenvalue weighted by Gasteiger charge is 2.30. The number of amides is 1. The summed E-state index contributed by atoms with van der Waals surface area (Å²) in [5.41, 5.74) is 0.602. The van der Waals surface area contributed by atoms with Crippen LogP contribution in [0.3, 0.4) is 0 Å². The zero-order valence-electron chi connectivity index (χ0n) is 10.3. The van der Waals surface area contributed by atoms with Crippen molar-refractivity contribution in [2.24, 2.45) is 0 Å². The molecule has 0 spiro atoms. The van der Waals surface area contributed by atoms with Crippen molar-refractivity contribution in [2.75, 3.05) is 18.0 Å². The second-order valence-electron chi connectivity index (χ2n) is 4.41. The molecule has 1 aliphatic rings. The van der Waals surface area contributed by atoms with Gasteiger partial charge in [0.2, 0.25) is 5.91 Å². The highest BCUT2D eigenvalue weighted by atomic mass is 19.1. The number of carbonyl (C=O) groups excluding carboxylic acids is 1. The van der Waals surface area contributed by atoms with Crippen LogP contribution in [0.25, 0.3) is 0 Å². The number of carboxylic acids is 1. The number of hydrogen-bond donors (Lipinski definition) is 2. The number of piperazine rings is 1. The van der Waals surface area contributed by atoms with E-state index >= 15 is 0 Å². The van der Waals surface area contributed by atoms with Gasteiger partial charge in [-0.15, -0.1) is 0 Å². The molecule has 6 heteroatoms. The van der Waals surface area contributed by atoms with Crippen LogP contribution in [0.1, 0.15) is 12.8 Å². The van der Waals surface area contributed by atoms with Gasteiger partial charge in [0.1, 0.15) is 11.9 Å². The second kappa shape index (κ2) is 5.69. The minimum absolute atomic E-state index is 0.0934. The molecule has 1 aliphatic heterocycles. The Bertz CT molecular complexity index is 493. The first-order valence-corrected chi connectivity index (χ1v) is 6.09. The lowest BCUT2D eigenvalue weighted by atomic mass is 10.1. The average Bonchev–Trinajstić information content (AvgIpc) is 2.37. The summed E-state index contributed by atoms with van der Waals surface area (Å²) in [5, 5.41) is 11.4. The maximum absolute atomic E-state index is 13.2. The van der Waals surface area contributed by atoms with E-state index in [9.17, 15) is 14.0 Å². The lowest BCUT2D eigenvalue weighted by molar-refractivity contribution is -0.137. The predicted octanol–water partition coefficient (Wildman–Crippen LogP) is 0.995. The molecule has 1 heterocycles. The first-order chi connectivity index (χ1) is 9.08. The van der Waals surface area contributed by atoms with Gasteiger partial charge in [0.05, 0.1) is 0 Å². The molecule has 102 valence electrons. The van der Waals surface area contributed by atoms with Gasteiger partial charge >= 0.3 is 5.97 Å². The Morgan fingerprint density at radius 2 is 2.32 bits per heavy atom. The van der Waals surface area contributed by atoms with E-state index in [-0.39, 0.29) is 24.6 Å². The van der Waals surface area contributed by atoms with Crippen molar-refractivity contribution in [1.82, 2.24) is 5.32 Å². The van der Waals surface area contributed by atoms with E-state index in [2.05, 4.69) is 5.32 Å². The Morgan fingerprint density at radius 3 is 3.00 bits per heavy atom. The van der Waals surface area contributed by atoms with Gasteiger partial charge in [0.25, 0.3) is 0 Å². The van der Waals surface area contributed by atoms with Crippen molar-refractivity contribution in [2.45, 2.75) is 18.9 Å². The summed E-state index contributed by atoms with van der Waals surface area (Å²) >= 11 is 0. The molecule has 1 unspecified atom stereocenters. The van der Waals surface area contributed by atoms with Crippen LogP contribution in [-0.4, -0.2) is 36.1 Å². The van der Waals surface area contributed by atoms with E-state index < -0.39 is 12.0 Å². The number of halogens is 1. The molecule has 1 atom stereocenters. The number of aliphatic carboxylic acids is 1. The lowest BCUT2D eigenvalue weighted by Crippen LogP contribution is -2.55. The number of rotatable bonds is 4. The smallest absolute Gasteiger partial charge is 0.303 e. The number of anilines is 1. The van der Waals surface area contributed by atoms with Crippen LogP contribution in [-0.2, 0) is 9.59 Å². The van der Waals surface area contributed by atoms with Gasteiger partial charge in [-0.3, -0.25) is 9.59 Å². The average molecular weight is 266 g/mol. The van der Waals surface area contributed by atoms with Gasteiger partial charge in [-0.05, 0) is 24.6 Å². The maximum atomic E-state index is 13.2. The number of benzene rings is 1. The number of nitrogens with zero attached hydrogens (tertiary/aromatic N) is 1. The standard InChI is InChI=1S/C13H15FN2O3/c14-9-2-1-3-10(8-9)16-7-6-15-13(19)11(16)4-5-12(17)18/h1-3,8,11H,4-7H2,(H,15,19)(H,17,18). The fourth-order valence-corrected chi connectivity index (χ4v) is 2.23. The Balaban J connectivity index is 2.19. The fraction of sp³-hybridized carbons (Fsp3) is 0.385. The summed E-state index contributed by atoms with van der Waals surface area (Å²) in [7, 11) is 0. The Labute approximate surface area is 110 Å². The molecule has 19 heavy (non-hydrogen) atoms. The van der Waals surface area contributed by atoms with Crippen LogP contribution in [0.15, 0.2) is 24.3 Å². The molecule has 0 aromatic heterocycles. The SMILES string of the molecule is O=C(O)CCC1C(=O)NCCN1c1cccc(F)c1. The van der Waals surface area contributed by atoms with Crippen LogP contribution in [0.2, 0.25) is 0 Å². The summed E-state index contributed by atoms with van der Waals surface area (Å²) in [5.74, 6) is -1.53. The molecule has 0 saturated carbocycles. The zero-order valence-corrected chi connectivity index (χ0v) is 10.3. The fourth-order valence-electron chi connectivity index (χ4n) is 2.23. The minimum atomic E-state index is -0.947. The summed E-state index contributed by atoms with van der Waals surface area (Å²) in [6.07, 6.45) is 0.113. The summed E-state index contributed by atoms with van der Waals surface area (Å²) in [4.78, 5) is 24.2. The van der Waals surface area contributed by atoms with Crippen LogP contribution >= 0.6 is 0 Å². The van der Waals surface area contributed by atoms with Gasteiger partial charge in [-0.1, -0.05) is 6.07 Å². The van der Waals surface area contributed by atoms with Crippen LogP contribution < -0.4 is 10.2 Å². The van der Waals surface area contributed by atoms with Gasteiger partial charge in [0.15, 0.2) is 0 Å². The van der Waals surface area contributed by atoms with Crippen molar-refractivity contribution in [3.8, 4) is 0 Å². The molecular weight excluding hydrogens is 251 g/mol. The highest BCUT2D eigenvalue weighted by molar-refractivity contribution is 5.87. The molecular formula is C13H15FN2O3. The van der Waals surface area contributed by atoms with Crippen molar-refractivity contribution in [3.05, 3.63) is 30.1 Å². The first kappa shape index (κ1) is 13.3. The minimum Gasteiger partial charge on any atom is -0.481 e. The molecule has 0 bridgehead atoms. The van der Waals surface area contributed by atoms with E-state index in [1.807, 2.05) is 0 Å². The van der Waals surface area contributed by atoms with Crippen LogP contribution in [0.4, 0.5) is 10.1 Å². The molecule has 0 radical (unpaired) electrons. The topological polar surface area (TPSA) is 69.6 Å². The van der Waals surface area contributed by atoms with Crippen LogP contribution in [0, 0.1) is 5.82 Å². The molecule has 1 amide bonds. The predicted molar refractivity (Wildman–Crippen MR) is 67.4 cm³/mol. The van der Waals surface area contributed by atoms with Crippen LogP contribution in [0.5, 0.6) is 0 Å². The summed E-state index contributed by atoms with van der Waals surface area (Å²) in [6, 6.07) is 5.42. The largest absolute Gasteiger partial charge is 0.481 e. The molecule has 1 saturated heterocycles. The molecule has 1 aromatic carbocycles. The van der Waals surface area contributed by atoms with Gasteiger partial charge in [0, 0.05) is 25.2 Å². The van der Waals surface area contributed by atoms with E-state index in [1.165, 1.54) is 12.1 Å². The van der Waals surface area contributed by atoms with Gasteiger partial charge in [-0.25, -0.2) is 4.39 Å². The van der Waals surface area contributed by atoms with E-state index in [1.54, 1.807) is 17.0 Å². The normalized spacial score (nSPS) is 19.1. The number of nitrogens with one attached hydrogen (secondary N) is 1. The molecule has 2 rings (SSSR count). The third-order valence-corrected chi connectivity index (χ3v) is 3.10. The Morgan fingerprint density at radius 1 is 1.53 bits per heavy atom. The van der Waals surface area contributed by atoms with Crippen molar-refractivity contribution < 1.29 is 19.1 Å². The van der Waals surface area contributed by atoms with Crippen molar-refractivity contribution >= 4 is 17.6 Å². The van der Waals surface area contributed by atoms with E-state index in [0.717, 1.165) is 0 Å². The molecule has 1 fully saturated rings. The Hall–Kier alpha value is -2.11. The lowest BCUT2D eigenvalue weighted by Gasteiger charge is -2.36. The van der Waals surface area contributed by atoms with Gasteiger partial charge < -0.3 is 15.3 Å². The van der Waals surface area contributed by atoms with Crippen molar-refractivity contribution in [3.63, 3.8) is 0 Å². The summed E-state index contributed by atoms with van der Waals surface area (Å²) in [6.45, 7) is 1.01. The molecule has 0 aliphatic carbocycles. The highest BCUT2D eigenvalue weighted by Crippen LogP contribution is 2.22. The third-order valence-electron chi connectivity index (χ3n) is 3.10. The zero-order chi connectivity index (χ0) is 13.8. The second-order valence-corrected chi connectivity index (χ2v) is 4.41. The van der Waals surface area contributed by atoms with E-state index in [0.29, 0.717) is 18.8 Å². The maximum Gasteiger partial charge on any atom is 0.303 e. The summed E-state index contributed by atoms with van der Waals surface area (Å²) < 4.78 is 13.2.